The predicted octanol–water partition coefficient (Wildman–Crippen LogP) is 3.92. The van der Waals surface area contributed by atoms with Gasteiger partial charge in [0.2, 0.25) is 0 Å². The van der Waals surface area contributed by atoms with Crippen LogP contribution in [0.2, 0.25) is 5.02 Å². The van der Waals surface area contributed by atoms with E-state index in [9.17, 15) is 9.59 Å². The Morgan fingerprint density at radius 2 is 1.88 bits per heavy atom. The van der Waals surface area contributed by atoms with Gasteiger partial charge in [0.05, 0.1) is 5.57 Å². The molecule has 0 atom stereocenters. The molecule has 5 heteroatoms. The second-order valence-corrected chi connectivity index (χ2v) is 6.98. The summed E-state index contributed by atoms with van der Waals surface area (Å²) < 4.78 is 5.69. The maximum atomic E-state index is 12.8. The molecule has 128 valence electrons. The van der Waals surface area contributed by atoms with Gasteiger partial charge in [-0.05, 0) is 44.2 Å². The second-order valence-electron chi connectivity index (χ2n) is 6.57. The van der Waals surface area contributed by atoms with Gasteiger partial charge in [0.1, 0.15) is 5.60 Å². The molecule has 0 aromatic heterocycles. The molecule has 1 spiro atoms. The summed E-state index contributed by atoms with van der Waals surface area (Å²) in [5.41, 5.74) is 1.07. The van der Waals surface area contributed by atoms with Gasteiger partial charge in [0.25, 0.3) is 5.91 Å². The number of rotatable bonds is 3. The number of carbonyl (C=O) groups is 2. The molecule has 1 aromatic carbocycles. The van der Waals surface area contributed by atoms with Crippen molar-refractivity contribution in [3.05, 3.63) is 46.0 Å². The number of hydrogen-bond donors (Lipinski definition) is 1. The van der Waals surface area contributed by atoms with Crippen LogP contribution in [0.15, 0.2) is 35.4 Å². The molecule has 0 saturated heterocycles. The first-order chi connectivity index (χ1) is 11.5. The number of ether oxygens (including phenoxy) is 1. The van der Waals surface area contributed by atoms with Gasteiger partial charge in [-0.15, -0.1) is 0 Å². The van der Waals surface area contributed by atoms with Gasteiger partial charge in [0, 0.05) is 17.1 Å². The highest BCUT2D eigenvalue weighted by molar-refractivity contribution is 6.31. The van der Waals surface area contributed by atoms with Crippen LogP contribution in [-0.2, 0) is 20.9 Å². The van der Waals surface area contributed by atoms with E-state index in [-0.39, 0.29) is 11.9 Å². The van der Waals surface area contributed by atoms with E-state index in [0.29, 0.717) is 22.7 Å². The number of carbonyl (C=O) groups excluding carboxylic acids is 2. The molecule has 0 radical (unpaired) electrons. The third-order valence-electron chi connectivity index (χ3n) is 4.96. The van der Waals surface area contributed by atoms with Gasteiger partial charge in [-0.2, -0.15) is 0 Å². The Balaban J connectivity index is 1.80. The van der Waals surface area contributed by atoms with Crippen molar-refractivity contribution in [3.63, 3.8) is 0 Å². The molecule has 3 rings (SSSR count). The molecule has 24 heavy (non-hydrogen) atoms. The summed E-state index contributed by atoms with van der Waals surface area (Å²) in [6.07, 6.45) is 5.64. The first-order valence-electron chi connectivity index (χ1n) is 8.50. The zero-order chi connectivity index (χ0) is 17.2. The third-order valence-corrected chi connectivity index (χ3v) is 5.33. The zero-order valence-electron chi connectivity index (χ0n) is 13.9. The standard InChI is InChI=1S/C19H22ClNO3/c1-13-16(17(22)21-12-14-8-4-5-9-15(14)20)19(24-18(13)23)10-6-2-3-7-11-19/h4-5,8-9H,2-3,6-7,10-12H2,1H3,(H,21,22). The number of amides is 1. The van der Waals surface area contributed by atoms with Crippen LogP contribution in [0, 0.1) is 0 Å². The summed E-state index contributed by atoms with van der Waals surface area (Å²) in [6.45, 7) is 2.02. The van der Waals surface area contributed by atoms with E-state index in [1.807, 2.05) is 18.2 Å². The van der Waals surface area contributed by atoms with Gasteiger partial charge in [-0.3, -0.25) is 4.79 Å². The highest BCUT2D eigenvalue weighted by Crippen LogP contribution is 2.42. The zero-order valence-corrected chi connectivity index (χ0v) is 14.6. The predicted molar refractivity (Wildman–Crippen MR) is 92.5 cm³/mol. The molecule has 1 N–H and O–H groups in total. The number of benzene rings is 1. The fraction of sp³-hybridized carbons (Fsp3) is 0.474. The number of halogens is 1. The molecule has 1 aliphatic heterocycles. The fourth-order valence-corrected chi connectivity index (χ4v) is 3.89. The minimum Gasteiger partial charge on any atom is -0.451 e. The van der Waals surface area contributed by atoms with E-state index in [1.54, 1.807) is 13.0 Å². The van der Waals surface area contributed by atoms with Gasteiger partial charge >= 0.3 is 5.97 Å². The fourth-order valence-electron chi connectivity index (χ4n) is 3.68. The normalized spacial score (nSPS) is 20.0. The molecule has 0 unspecified atom stereocenters. The van der Waals surface area contributed by atoms with E-state index in [1.165, 1.54) is 0 Å². The van der Waals surface area contributed by atoms with Crippen LogP contribution in [0.25, 0.3) is 0 Å². The summed E-state index contributed by atoms with van der Waals surface area (Å²) in [4.78, 5) is 24.9. The van der Waals surface area contributed by atoms with Gasteiger partial charge in [-0.1, -0.05) is 42.6 Å². The lowest BCUT2D eigenvalue weighted by Crippen LogP contribution is -2.39. The van der Waals surface area contributed by atoms with E-state index in [0.717, 1.165) is 44.1 Å². The molecule has 2 aliphatic rings. The summed E-state index contributed by atoms with van der Waals surface area (Å²) in [7, 11) is 0. The SMILES string of the molecule is CC1=C(C(=O)NCc2ccccc2Cl)C2(CCCCCC2)OC1=O. The van der Waals surface area contributed by atoms with Crippen LogP contribution in [-0.4, -0.2) is 17.5 Å². The smallest absolute Gasteiger partial charge is 0.335 e. The lowest BCUT2D eigenvalue weighted by molar-refractivity contribution is -0.148. The highest BCUT2D eigenvalue weighted by atomic mass is 35.5. The van der Waals surface area contributed by atoms with Crippen molar-refractivity contribution < 1.29 is 14.3 Å². The van der Waals surface area contributed by atoms with E-state index < -0.39 is 5.60 Å². The van der Waals surface area contributed by atoms with Crippen LogP contribution >= 0.6 is 11.6 Å². The Kier molecular flexibility index (Phi) is 4.95. The van der Waals surface area contributed by atoms with E-state index in [4.69, 9.17) is 16.3 Å². The van der Waals surface area contributed by atoms with E-state index in [2.05, 4.69) is 5.32 Å². The Hall–Kier alpha value is -1.81. The molecule has 1 amide bonds. The molecule has 1 saturated carbocycles. The summed E-state index contributed by atoms with van der Waals surface area (Å²) in [6, 6.07) is 7.40. The van der Waals surface area contributed by atoms with Crippen molar-refractivity contribution in [2.75, 3.05) is 0 Å². The Morgan fingerprint density at radius 1 is 1.21 bits per heavy atom. The van der Waals surface area contributed by atoms with Crippen LogP contribution in [0.3, 0.4) is 0 Å². The Labute approximate surface area is 147 Å². The van der Waals surface area contributed by atoms with Crippen LogP contribution < -0.4 is 5.32 Å². The molecule has 0 bridgehead atoms. The maximum absolute atomic E-state index is 12.8. The topological polar surface area (TPSA) is 55.4 Å². The monoisotopic (exact) mass is 347 g/mol. The van der Waals surface area contributed by atoms with Crippen molar-refractivity contribution >= 4 is 23.5 Å². The minimum absolute atomic E-state index is 0.222. The van der Waals surface area contributed by atoms with Crippen LogP contribution in [0.5, 0.6) is 0 Å². The molecule has 4 nitrogen and oxygen atoms in total. The lowest BCUT2D eigenvalue weighted by atomic mass is 9.84. The van der Waals surface area contributed by atoms with Crippen molar-refractivity contribution in [1.29, 1.82) is 0 Å². The molecular weight excluding hydrogens is 326 g/mol. The van der Waals surface area contributed by atoms with E-state index >= 15 is 0 Å². The average Bonchev–Trinajstić information content (AvgIpc) is 2.70. The Bertz CT molecular complexity index is 688. The lowest BCUT2D eigenvalue weighted by Gasteiger charge is -2.29. The maximum Gasteiger partial charge on any atom is 0.335 e. The third kappa shape index (κ3) is 3.20. The first-order valence-corrected chi connectivity index (χ1v) is 8.88. The van der Waals surface area contributed by atoms with Gasteiger partial charge in [-0.25, -0.2) is 4.79 Å². The minimum atomic E-state index is -0.734. The quantitative estimate of drug-likeness (QED) is 0.843. The van der Waals surface area contributed by atoms with Crippen molar-refractivity contribution in [3.8, 4) is 0 Å². The van der Waals surface area contributed by atoms with Gasteiger partial charge < -0.3 is 10.1 Å². The second kappa shape index (κ2) is 6.98. The van der Waals surface area contributed by atoms with Crippen LogP contribution in [0.4, 0.5) is 0 Å². The molecule has 1 aliphatic carbocycles. The average molecular weight is 348 g/mol. The summed E-state index contributed by atoms with van der Waals surface area (Å²) in [5, 5.41) is 3.53. The molecule has 1 heterocycles. The molecule has 1 aromatic rings. The van der Waals surface area contributed by atoms with Gasteiger partial charge in [0.15, 0.2) is 0 Å². The number of hydrogen-bond acceptors (Lipinski definition) is 3. The number of esters is 1. The molecular formula is C19H22ClNO3. The number of nitrogens with one attached hydrogen (secondary N) is 1. The van der Waals surface area contributed by atoms with Crippen molar-refractivity contribution in [2.24, 2.45) is 0 Å². The summed E-state index contributed by atoms with van der Waals surface area (Å²) >= 11 is 6.14. The van der Waals surface area contributed by atoms with Crippen molar-refractivity contribution in [2.45, 2.75) is 57.6 Å². The highest BCUT2D eigenvalue weighted by Gasteiger charge is 2.48. The summed E-state index contributed by atoms with van der Waals surface area (Å²) in [5.74, 6) is -0.583. The Morgan fingerprint density at radius 3 is 2.54 bits per heavy atom. The van der Waals surface area contributed by atoms with Crippen molar-refractivity contribution in [1.82, 2.24) is 5.32 Å². The molecule has 1 fully saturated rings. The first kappa shape index (κ1) is 17.0. The largest absolute Gasteiger partial charge is 0.451 e. The van der Waals surface area contributed by atoms with Crippen LogP contribution in [0.1, 0.15) is 51.0 Å².